The lowest BCUT2D eigenvalue weighted by Gasteiger charge is -2.16. The lowest BCUT2D eigenvalue weighted by Crippen LogP contribution is -2.26. The average molecular weight is 225 g/mol. The average Bonchev–Trinajstić information content (AvgIpc) is 2.55. The fourth-order valence-electron chi connectivity index (χ4n) is 1.59. The molecule has 0 aliphatic heterocycles. The summed E-state index contributed by atoms with van der Waals surface area (Å²) in [6.45, 7) is 1.97. The van der Waals surface area contributed by atoms with Gasteiger partial charge in [0, 0.05) is 19.8 Å². The van der Waals surface area contributed by atoms with Crippen LogP contribution in [0.4, 0.5) is 0 Å². The van der Waals surface area contributed by atoms with E-state index in [1.807, 2.05) is 42.8 Å². The number of pyridine rings is 1. The van der Waals surface area contributed by atoms with Crippen LogP contribution in [0.2, 0.25) is 0 Å². The zero-order chi connectivity index (χ0) is 11.0. The molecule has 0 radical (unpaired) electrons. The van der Waals surface area contributed by atoms with Crippen molar-refractivity contribution in [3.63, 3.8) is 0 Å². The predicted octanol–water partition coefficient (Wildman–Crippen LogP) is 1.68. The van der Waals surface area contributed by atoms with Crippen LogP contribution in [0.3, 0.4) is 0 Å². The van der Waals surface area contributed by atoms with Crippen LogP contribution >= 0.6 is 11.6 Å². The van der Waals surface area contributed by atoms with Crippen molar-refractivity contribution >= 4 is 22.8 Å². The van der Waals surface area contributed by atoms with Crippen LogP contribution in [-0.4, -0.2) is 28.7 Å². The molecular weight excluding hydrogens is 212 g/mol. The number of imidazole rings is 1. The molecule has 0 unspecified atom stereocenters. The highest BCUT2D eigenvalue weighted by Gasteiger charge is 2.12. The second-order valence-electron chi connectivity index (χ2n) is 3.62. The minimum Gasteiger partial charge on any atom is -0.316 e. The van der Waals surface area contributed by atoms with Crippen LogP contribution in [0.15, 0.2) is 12.1 Å². The van der Waals surface area contributed by atoms with E-state index in [0.29, 0.717) is 5.88 Å². The molecule has 0 saturated heterocycles. The molecule has 5 heteroatoms. The highest BCUT2D eigenvalue weighted by molar-refractivity contribution is 6.16. The molecule has 2 rings (SSSR count). The number of fused-ring (bicyclic) bond motifs is 1. The number of alkyl halides is 1. The SMILES string of the molecule is Cc1ccc2nc(CCl)n(N(C)C)c2n1. The minimum atomic E-state index is 0.383. The number of rotatable bonds is 2. The van der Waals surface area contributed by atoms with E-state index in [9.17, 15) is 0 Å². The topological polar surface area (TPSA) is 34.0 Å². The Morgan fingerprint density at radius 2 is 2.07 bits per heavy atom. The number of aromatic nitrogens is 3. The summed E-state index contributed by atoms with van der Waals surface area (Å²) in [4.78, 5) is 8.89. The summed E-state index contributed by atoms with van der Waals surface area (Å²) in [6, 6.07) is 3.92. The number of hydrogen-bond acceptors (Lipinski definition) is 3. The number of hydrogen-bond donors (Lipinski definition) is 0. The summed E-state index contributed by atoms with van der Waals surface area (Å²) in [5, 5.41) is 1.93. The Balaban J connectivity index is 2.76. The first-order valence-corrected chi connectivity index (χ1v) is 5.25. The van der Waals surface area contributed by atoms with Gasteiger partial charge in [-0.15, -0.1) is 11.6 Å². The van der Waals surface area contributed by atoms with Crippen molar-refractivity contribution in [1.82, 2.24) is 14.6 Å². The van der Waals surface area contributed by atoms with Gasteiger partial charge in [-0.25, -0.2) is 14.6 Å². The lowest BCUT2D eigenvalue weighted by molar-refractivity contribution is 0.712. The van der Waals surface area contributed by atoms with E-state index < -0.39 is 0 Å². The van der Waals surface area contributed by atoms with Gasteiger partial charge >= 0.3 is 0 Å². The third-order valence-corrected chi connectivity index (χ3v) is 2.45. The van der Waals surface area contributed by atoms with Crippen molar-refractivity contribution in [3.8, 4) is 0 Å². The molecule has 0 saturated carbocycles. The summed E-state index contributed by atoms with van der Waals surface area (Å²) < 4.78 is 1.93. The van der Waals surface area contributed by atoms with Gasteiger partial charge in [-0.05, 0) is 19.1 Å². The predicted molar refractivity (Wildman–Crippen MR) is 61.9 cm³/mol. The van der Waals surface area contributed by atoms with Gasteiger partial charge in [0.05, 0.1) is 5.88 Å². The highest BCUT2D eigenvalue weighted by Crippen LogP contribution is 2.15. The van der Waals surface area contributed by atoms with Gasteiger partial charge in [-0.3, -0.25) is 0 Å². The Kier molecular flexibility index (Phi) is 2.52. The van der Waals surface area contributed by atoms with Gasteiger partial charge in [-0.1, -0.05) is 0 Å². The molecule has 2 heterocycles. The molecule has 4 nitrogen and oxygen atoms in total. The summed E-state index contributed by atoms with van der Waals surface area (Å²) in [7, 11) is 3.89. The van der Waals surface area contributed by atoms with Crippen molar-refractivity contribution in [3.05, 3.63) is 23.7 Å². The fraction of sp³-hybridized carbons (Fsp3) is 0.400. The van der Waals surface area contributed by atoms with Crippen LogP contribution in [0.5, 0.6) is 0 Å². The maximum Gasteiger partial charge on any atom is 0.179 e. The van der Waals surface area contributed by atoms with E-state index in [0.717, 1.165) is 22.7 Å². The van der Waals surface area contributed by atoms with Gasteiger partial charge in [-0.2, -0.15) is 0 Å². The normalized spacial score (nSPS) is 10.9. The van der Waals surface area contributed by atoms with Crippen LogP contribution in [0.25, 0.3) is 11.2 Å². The van der Waals surface area contributed by atoms with Crippen molar-refractivity contribution in [2.24, 2.45) is 0 Å². The van der Waals surface area contributed by atoms with Crippen molar-refractivity contribution < 1.29 is 0 Å². The molecule has 0 aromatic carbocycles. The van der Waals surface area contributed by atoms with Crippen molar-refractivity contribution in [2.45, 2.75) is 12.8 Å². The van der Waals surface area contributed by atoms with Gasteiger partial charge in [0.1, 0.15) is 11.3 Å². The molecule has 0 atom stereocenters. The minimum absolute atomic E-state index is 0.383. The third-order valence-electron chi connectivity index (χ3n) is 2.21. The smallest absolute Gasteiger partial charge is 0.179 e. The lowest BCUT2D eigenvalue weighted by atomic mass is 10.3. The molecule has 0 spiro atoms. The third kappa shape index (κ3) is 1.65. The second kappa shape index (κ2) is 3.70. The molecule has 0 aliphatic rings. The Morgan fingerprint density at radius 1 is 1.33 bits per heavy atom. The van der Waals surface area contributed by atoms with E-state index in [-0.39, 0.29) is 0 Å². The number of aryl methyl sites for hydroxylation is 1. The zero-order valence-electron chi connectivity index (χ0n) is 9.03. The van der Waals surface area contributed by atoms with Gasteiger partial charge in [0.2, 0.25) is 0 Å². The molecule has 80 valence electrons. The largest absolute Gasteiger partial charge is 0.316 e. The summed E-state index contributed by atoms with van der Waals surface area (Å²) in [6.07, 6.45) is 0. The molecule has 0 fully saturated rings. The monoisotopic (exact) mass is 224 g/mol. The maximum atomic E-state index is 5.85. The molecule has 0 amide bonds. The zero-order valence-corrected chi connectivity index (χ0v) is 9.78. The van der Waals surface area contributed by atoms with Crippen molar-refractivity contribution in [1.29, 1.82) is 0 Å². The second-order valence-corrected chi connectivity index (χ2v) is 3.88. The van der Waals surface area contributed by atoms with Crippen LogP contribution in [-0.2, 0) is 5.88 Å². The maximum absolute atomic E-state index is 5.85. The molecule has 2 aromatic rings. The first kappa shape index (κ1) is 10.2. The van der Waals surface area contributed by atoms with Gasteiger partial charge < -0.3 is 5.01 Å². The Morgan fingerprint density at radius 3 is 2.67 bits per heavy atom. The van der Waals surface area contributed by atoms with Gasteiger partial charge in [0.15, 0.2) is 5.65 Å². The van der Waals surface area contributed by atoms with E-state index >= 15 is 0 Å². The van der Waals surface area contributed by atoms with Crippen LogP contribution in [0, 0.1) is 6.92 Å². The first-order chi connectivity index (χ1) is 7.13. The standard InChI is InChI=1S/C10H13ClN4/c1-7-4-5-8-10(12-7)15(14(2)3)9(6-11)13-8/h4-5H,6H2,1-3H3. The highest BCUT2D eigenvalue weighted by atomic mass is 35.5. The molecule has 15 heavy (non-hydrogen) atoms. The van der Waals surface area contributed by atoms with Crippen LogP contribution in [0.1, 0.15) is 11.5 Å². The molecular formula is C10H13ClN4. The fourth-order valence-corrected chi connectivity index (χ4v) is 1.77. The van der Waals surface area contributed by atoms with Gasteiger partial charge in [0.25, 0.3) is 0 Å². The quantitative estimate of drug-likeness (QED) is 0.728. The number of halogens is 1. The molecule has 2 aromatic heterocycles. The summed E-state index contributed by atoms with van der Waals surface area (Å²) in [5.41, 5.74) is 2.72. The van der Waals surface area contributed by atoms with E-state index in [1.54, 1.807) is 0 Å². The van der Waals surface area contributed by atoms with Crippen LogP contribution < -0.4 is 5.01 Å². The Labute approximate surface area is 93.5 Å². The molecule has 0 bridgehead atoms. The molecule has 0 N–H and O–H groups in total. The molecule has 0 aliphatic carbocycles. The Bertz CT molecular complexity index is 489. The summed E-state index contributed by atoms with van der Waals surface area (Å²) in [5.74, 6) is 1.20. The van der Waals surface area contributed by atoms with E-state index in [1.165, 1.54) is 0 Å². The first-order valence-electron chi connectivity index (χ1n) is 4.72. The number of nitrogens with zero attached hydrogens (tertiary/aromatic N) is 4. The van der Waals surface area contributed by atoms with E-state index in [2.05, 4.69) is 9.97 Å². The van der Waals surface area contributed by atoms with Crippen molar-refractivity contribution in [2.75, 3.05) is 19.1 Å². The summed E-state index contributed by atoms with van der Waals surface area (Å²) >= 11 is 5.85. The Hall–Kier alpha value is -1.29. The van der Waals surface area contributed by atoms with E-state index in [4.69, 9.17) is 11.6 Å².